The van der Waals surface area contributed by atoms with E-state index in [1.54, 1.807) is 36.4 Å². The number of aromatic nitrogens is 2. The molecule has 68 heavy (non-hydrogen) atoms. The van der Waals surface area contributed by atoms with Gasteiger partial charge in [0.15, 0.2) is 0 Å². The Morgan fingerprint density at radius 1 is 0.456 bits per heavy atom. The minimum atomic E-state index is -1.51. The van der Waals surface area contributed by atoms with E-state index in [2.05, 4.69) is 20.6 Å². The third-order valence-electron chi connectivity index (χ3n) is 11.0. The van der Waals surface area contributed by atoms with Crippen LogP contribution in [0, 0.1) is 73.7 Å². The monoisotopic (exact) mass is 1260 g/mol. The number of aliphatic carboxylic acids is 6. The molecule has 26 heteroatoms. The molecule has 0 aliphatic carbocycles. The van der Waals surface area contributed by atoms with Crippen molar-refractivity contribution in [3.05, 3.63) is 59.2 Å². The second-order valence-corrected chi connectivity index (χ2v) is 16.1. The maximum absolute atomic E-state index is 12.9. The van der Waals surface area contributed by atoms with Crippen molar-refractivity contribution in [2.45, 2.75) is 63.9 Å². The van der Waals surface area contributed by atoms with Crippen molar-refractivity contribution in [3.63, 3.8) is 0 Å². The first kappa shape index (κ1) is 60.4. The predicted molar refractivity (Wildman–Crippen MR) is 215 cm³/mol. The number of fused-ring (bicyclic) bond motifs is 4. The Morgan fingerprint density at radius 2 is 0.721 bits per heavy atom. The summed E-state index contributed by atoms with van der Waals surface area (Å²) >= 11 is 0. The molecule has 2 aliphatic rings. The third kappa shape index (κ3) is 22.8. The molecule has 2 atom stereocenters. The first-order valence-electron chi connectivity index (χ1n) is 21.5. The first-order chi connectivity index (χ1) is 31.4. The zero-order chi connectivity index (χ0) is 48.2. The summed E-state index contributed by atoms with van der Waals surface area (Å²) in [5.74, 6) is -9.59. The number of hydrogen-bond acceptors (Lipinski definition) is 22. The molecule has 2 amide bonds. The molecule has 4 bridgehead atoms. The van der Waals surface area contributed by atoms with E-state index in [-0.39, 0.29) is 191 Å². The first-order valence-corrected chi connectivity index (χ1v) is 21.5. The third-order valence-corrected chi connectivity index (χ3v) is 11.0. The van der Waals surface area contributed by atoms with Crippen LogP contribution in [0.25, 0.3) is 0 Å². The summed E-state index contributed by atoms with van der Waals surface area (Å²) in [6, 6.07) is 7.46. The minimum absolute atomic E-state index is 0. The molecule has 4 rings (SSSR count). The van der Waals surface area contributed by atoms with Gasteiger partial charge < -0.3 is 70.0 Å². The summed E-state index contributed by atoms with van der Waals surface area (Å²) < 4.78 is 0. The SMILES string of the molecule is O=C([O-])CN1CCN(C(CCC(=O)NCCNC(=O)CCC(C(=O)[O-])N2CCN(CC(=O)[O-])Cc3cccc(n3)CN(CC(=O)[O-])CC2)C(=O)[O-])CCN(CC(=O)[O-])Cc2cccc(n2)C1.[Tm].[Tm]. The zero-order valence-electron chi connectivity index (χ0n) is 37.0. The molecule has 2 aromatic rings. The quantitative estimate of drug-likeness (QED) is 0.110. The van der Waals surface area contributed by atoms with Crippen LogP contribution in [0.15, 0.2) is 36.4 Å². The van der Waals surface area contributed by atoms with E-state index in [1.165, 1.54) is 29.4 Å². The molecule has 0 aromatic carbocycles. The van der Waals surface area contributed by atoms with Crippen LogP contribution in [0.2, 0.25) is 0 Å². The predicted octanol–water partition coefficient (Wildman–Crippen LogP) is -9.95. The number of rotatable bonds is 21. The van der Waals surface area contributed by atoms with E-state index in [4.69, 9.17) is 0 Å². The van der Waals surface area contributed by atoms with Gasteiger partial charge in [0.2, 0.25) is 11.8 Å². The number of carboxylic acids is 6. The van der Waals surface area contributed by atoms with E-state index in [1.807, 2.05) is 0 Å². The molecule has 0 saturated heterocycles. The van der Waals surface area contributed by atoms with Gasteiger partial charge in [0.25, 0.3) is 0 Å². The number of carboxylic acid groups (broad SMARTS) is 6. The molecule has 2 aliphatic heterocycles. The van der Waals surface area contributed by atoms with Gasteiger partial charge in [0.1, 0.15) is 0 Å². The second kappa shape index (κ2) is 31.5. The van der Waals surface area contributed by atoms with E-state index in [9.17, 15) is 69.0 Å². The smallest absolute Gasteiger partial charge is 0.220 e. The topological polar surface area (TPSA) is 344 Å². The molecule has 2 aromatic heterocycles. The van der Waals surface area contributed by atoms with Crippen LogP contribution >= 0.6 is 0 Å². The Balaban J connectivity index is 0.00000793. The van der Waals surface area contributed by atoms with Gasteiger partial charge in [0, 0.05) is 216 Å². The van der Waals surface area contributed by atoms with Crippen molar-refractivity contribution in [2.75, 3.05) is 91.6 Å². The van der Waals surface area contributed by atoms with Gasteiger partial charge >= 0.3 is 0 Å². The average molecular weight is 1260 g/mol. The molecule has 388 valence electrons. The molecule has 0 spiro atoms. The number of amides is 2. The fourth-order valence-electron chi connectivity index (χ4n) is 7.86. The number of hydrogen-bond donors (Lipinski definition) is 2. The summed E-state index contributed by atoms with van der Waals surface area (Å²) in [6.45, 7) is -1.52. The van der Waals surface area contributed by atoms with Crippen molar-refractivity contribution in [3.8, 4) is 0 Å². The summed E-state index contributed by atoms with van der Waals surface area (Å²) in [5.41, 5.74) is 2.02. The van der Waals surface area contributed by atoms with Crippen LogP contribution in [-0.4, -0.2) is 191 Å². The van der Waals surface area contributed by atoms with Gasteiger partial charge in [-0.1, -0.05) is 12.1 Å². The van der Waals surface area contributed by atoms with Crippen molar-refractivity contribution in [1.29, 1.82) is 0 Å². The molecule has 2 N–H and O–H groups in total. The number of carbonyl (C=O) groups is 8. The fraction of sp³-hybridized carbons (Fsp3) is 0.571. The molecule has 2 radical (unpaired) electrons. The van der Waals surface area contributed by atoms with Gasteiger partial charge in [-0.2, -0.15) is 0 Å². The van der Waals surface area contributed by atoms with Gasteiger partial charge in [0.05, 0.1) is 58.6 Å². The number of nitrogens with zero attached hydrogens (tertiary/aromatic N) is 8. The van der Waals surface area contributed by atoms with Crippen LogP contribution in [0.5, 0.6) is 0 Å². The van der Waals surface area contributed by atoms with Crippen molar-refractivity contribution >= 4 is 47.6 Å². The van der Waals surface area contributed by atoms with Crippen molar-refractivity contribution in [2.24, 2.45) is 0 Å². The standard InChI is InChI=1S/C42H60N10O14.2Tm/c53-35(9-7-33(41(63)64)51-17-13-47(25-37(55)56)21-29-3-1-4-30(45-29)22-48(14-18-51)26-38(57)58)43-11-12-44-36(54)10-8-34(42(65)66)52-19-15-49(27-39(59)60)23-31-5-2-6-32(46-31)24-50(16-20-52)28-40(61)62;;/h1-6,33-34H,7-28H2,(H,43,53)(H,44,54)(H,55,56)(H,57,58)(H,59,60)(H,61,62)(H,63,64)(H,65,66);;/p-6. The zero-order valence-corrected chi connectivity index (χ0v) is 40.6. The number of nitrogens with one attached hydrogen (secondary N) is 2. The van der Waals surface area contributed by atoms with Crippen LogP contribution < -0.4 is 41.3 Å². The van der Waals surface area contributed by atoms with Crippen LogP contribution in [0.4, 0.5) is 0 Å². The Morgan fingerprint density at radius 3 is 0.956 bits per heavy atom. The van der Waals surface area contributed by atoms with E-state index in [0.717, 1.165) is 0 Å². The van der Waals surface area contributed by atoms with Gasteiger partial charge in [-0.3, -0.25) is 49.0 Å². The molecule has 0 saturated carbocycles. The number of pyridine rings is 2. The van der Waals surface area contributed by atoms with Crippen molar-refractivity contribution in [1.82, 2.24) is 50.0 Å². The van der Waals surface area contributed by atoms with E-state index < -0.39 is 85.9 Å². The van der Waals surface area contributed by atoms with Gasteiger partial charge in [-0.25, -0.2) is 0 Å². The summed E-state index contributed by atoms with van der Waals surface area (Å²) in [4.78, 5) is 115. The Bertz CT molecular complexity index is 1790. The maximum Gasteiger partial charge on any atom is 0.220 e. The maximum atomic E-state index is 12.9. The van der Waals surface area contributed by atoms with Crippen LogP contribution in [0.3, 0.4) is 0 Å². The number of carbonyl (C=O) groups excluding carboxylic acids is 8. The Kier molecular flexibility index (Phi) is 28.0. The van der Waals surface area contributed by atoms with Crippen molar-refractivity contribution < 1.29 is 143 Å². The largest absolute Gasteiger partial charge is 0.549 e. The fourth-order valence-corrected chi connectivity index (χ4v) is 7.86. The normalized spacial score (nSPS) is 17.1. The molecular weight excluding hydrogens is 1210 g/mol. The minimum Gasteiger partial charge on any atom is -0.549 e. The van der Waals surface area contributed by atoms with E-state index >= 15 is 0 Å². The summed E-state index contributed by atoms with van der Waals surface area (Å²) in [7, 11) is 0. The van der Waals surface area contributed by atoms with Crippen LogP contribution in [0.1, 0.15) is 48.5 Å². The Labute approximate surface area is 451 Å². The summed E-state index contributed by atoms with van der Waals surface area (Å²) in [5, 5.41) is 76.4. The van der Waals surface area contributed by atoms with Crippen LogP contribution in [-0.2, 0) is 64.5 Å². The molecule has 0 fully saturated rings. The molecule has 24 nitrogen and oxygen atoms in total. The Hall–Kier alpha value is -3.71. The molecule has 2 unspecified atom stereocenters. The van der Waals surface area contributed by atoms with Gasteiger partial charge in [-0.05, 0) is 37.1 Å². The molecular formula is C42H54N10O14Tm2-6. The van der Waals surface area contributed by atoms with E-state index in [0.29, 0.717) is 22.8 Å². The van der Waals surface area contributed by atoms with Gasteiger partial charge in [-0.15, -0.1) is 0 Å². The molecule has 4 heterocycles. The second-order valence-electron chi connectivity index (χ2n) is 16.1. The average Bonchev–Trinajstić information content (AvgIpc) is 3.22. The summed E-state index contributed by atoms with van der Waals surface area (Å²) in [6.07, 6.45) is -1.06.